The summed E-state index contributed by atoms with van der Waals surface area (Å²) < 4.78 is 2.15. The molecule has 0 spiro atoms. The first-order chi connectivity index (χ1) is 5.63. The molecule has 1 radical (unpaired) electrons. The lowest BCUT2D eigenvalue weighted by atomic mass is 10.0. The van der Waals surface area contributed by atoms with Gasteiger partial charge in [-0.3, -0.25) is 0 Å². The summed E-state index contributed by atoms with van der Waals surface area (Å²) >= 11 is 6.87. The Hall–Kier alpha value is -0.0800. The first kappa shape index (κ1) is 10.0. The second-order valence-electron chi connectivity index (χ2n) is 2.55. The van der Waals surface area contributed by atoms with E-state index in [4.69, 9.17) is 0 Å². The molecule has 0 aliphatic carbocycles. The van der Waals surface area contributed by atoms with Crippen LogP contribution < -0.4 is 0 Å². The Balaban J connectivity index is 3.08. The van der Waals surface area contributed by atoms with Crippen LogP contribution in [0.15, 0.2) is 39.8 Å². The van der Waals surface area contributed by atoms with Gasteiger partial charge in [0, 0.05) is 14.9 Å². The Kier molecular flexibility index (Phi) is 3.53. The monoisotopic (exact) mass is 287 g/mol. The number of hydrogen-bond donors (Lipinski definition) is 0. The molecule has 63 valence electrons. The molecule has 0 atom stereocenters. The number of benzene rings is 1. The van der Waals surface area contributed by atoms with Crippen molar-refractivity contribution in [3.8, 4) is 0 Å². The Labute approximate surface area is 89.9 Å². The second kappa shape index (κ2) is 4.24. The van der Waals surface area contributed by atoms with Crippen LogP contribution in [0.1, 0.15) is 12.5 Å². The summed E-state index contributed by atoms with van der Waals surface area (Å²) in [5, 5.41) is 0. The molecule has 0 aliphatic rings. The lowest BCUT2D eigenvalue weighted by molar-refractivity contribution is 1.25. The van der Waals surface area contributed by atoms with Crippen LogP contribution >= 0.6 is 31.9 Å². The van der Waals surface area contributed by atoms with Crippen LogP contribution in [0, 0.1) is 5.92 Å². The lowest BCUT2D eigenvalue weighted by Crippen LogP contribution is -1.89. The summed E-state index contributed by atoms with van der Waals surface area (Å²) in [5.74, 6) is 1.18. The van der Waals surface area contributed by atoms with Crippen molar-refractivity contribution < 1.29 is 0 Å². The zero-order valence-corrected chi connectivity index (χ0v) is 9.94. The third kappa shape index (κ3) is 2.46. The van der Waals surface area contributed by atoms with E-state index in [2.05, 4.69) is 50.6 Å². The van der Waals surface area contributed by atoms with E-state index in [0.717, 1.165) is 8.95 Å². The molecule has 0 fully saturated rings. The van der Waals surface area contributed by atoms with E-state index in [-0.39, 0.29) is 0 Å². The molecule has 0 saturated carbocycles. The minimum Gasteiger partial charge on any atom is -0.102 e. The molecule has 0 saturated heterocycles. The van der Waals surface area contributed by atoms with E-state index >= 15 is 0 Å². The van der Waals surface area contributed by atoms with Crippen molar-refractivity contribution >= 4 is 31.9 Å². The van der Waals surface area contributed by atoms with E-state index in [1.807, 2.05) is 19.1 Å². The molecule has 0 aliphatic heterocycles. The first-order valence-corrected chi connectivity index (χ1v) is 5.14. The molecule has 0 N–H and O–H groups in total. The highest BCUT2D eigenvalue weighted by molar-refractivity contribution is 9.11. The highest BCUT2D eigenvalue weighted by Crippen LogP contribution is 2.24. The van der Waals surface area contributed by atoms with Crippen LogP contribution in [0.5, 0.6) is 0 Å². The number of rotatable bonds is 2. The van der Waals surface area contributed by atoms with Gasteiger partial charge in [0.2, 0.25) is 0 Å². The Morgan fingerprint density at radius 1 is 1.25 bits per heavy atom. The average Bonchev–Trinajstić information content (AvgIpc) is 2.01. The van der Waals surface area contributed by atoms with Crippen LogP contribution in [-0.2, 0) is 0 Å². The molecule has 1 rings (SSSR count). The molecule has 0 bridgehead atoms. The lowest BCUT2D eigenvalue weighted by Gasteiger charge is -2.06. The van der Waals surface area contributed by atoms with Gasteiger partial charge in [0.05, 0.1) is 0 Å². The fraction of sp³-hybridized carbons (Fsp3) is 0.100. The summed E-state index contributed by atoms with van der Waals surface area (Å²) in [6, 6.07) is 6.16. The van der Waals surface area contributed by atoms with Gasteiger partial charge >= 0.3 is 0 Å². The van der Waals surface area contributed by atoms with Gasteiger partial charge in [-0.15, -0.1) is 6.58 Å². The van der Waals surface area contributed by atoms with Gasteiger partial charge in [-0.1, -0.05) is 44.9 Å². The normalized spacial score (nSPS) is 10.3. The fourth-order valence-electron chi connectivity index (χ4n) is 0.899. The maximum atomic E-state index is 3.73. The van der Waals surface area contributed by atoms with Crippen molar-refractivity contribution in [3.63, 3.8) is 0 Å². The third-order valence-corrected chi connectivity index (χ3v) is 2.54. The van der Waals surface area contributed by atoms with Crippen LogP contribution in [0.4, 0.5) is 0 Å². The van der Waals surface area contributed by atoms with E-state index in [9.17, 15) is 0 Å². The molecular formula is C10H9Br2. The zero-order valence-electron chi connectivity index (χ0n) is 6.77. The molecule has 0 heterocycles. The molecule has 0 amide bonds. The Bertz CT molecular complexity index is 272. The molecule has 0 nitrogen and oxygen atoms in total. The number of allylic oxidation sites excluding steroid dienone is 1. The maximum Gasteiger partial charge on any atom is 0.0231 e. The number of halogens is 2. The van der Waals surface area contributed by atoms with Gasteiger partial charge < -0.3 is 0 Å². The van der Waals surface area contributed by atoms with Crippen molar-refractivity contribution in [2.75, 3.05) is 0 Å². The van der Waals surface area contributed by atoms with Gasteiger partial charge in [0.15, 0.2) is 0 Å². The molecular weight excluding hydrogens is 280 g/mol. The number of hydrogen-bond acceptors (Lipinski definition) is 0. The summed E-state index contributed by atoms with van der Waals surface area (Å²) in [6.45, 7) is 5.77. The smallest absolute Gasteiger partial charge is 0.0231 e. The zero-order chi connectivity index (χ0) is 9.14. The average molecular weight is 289 g/mol. The van der Waals surface area contributed by atoms with Gasteiger partial charge in [-0.2, -0.15) is 0 Å². The molecule has 1 aromatic rings. The second-order valence-corrected chi connectivity index (χ2v) is 4.38. The largest absolute Gasteiger partial charge is 0.102 e. The quantitative estimate of drug-likeness (QED) is 0.759. The van der Waals surface area contributed by atoms with Crippen LogP contribution in [-0.4, -0.2) is 0 Å². The third-order valence-electron chi connectivity index (χ3n) is 1.62. The SMILES string of the molecule is C=C[C](C)c1cc(Br)cc(Br)c1. The van der Waals surface area contributed by atoms with Crippen molar-refractivity contribution in [1.82, 2.24) is 0 Å². The van der Waals surface area contributed by atoms with Gasteiger partial charge in [-0.25, -0.2) is 0 Å². The predicted molar refractivity (Wildman–Crippen MR) is 60.1 cm³/mol. The summed E-state index contributed by atoms with van der Waals surface area (Å²) in [7, 11) is 0. The molecule has 1 aromatic carbocycles. The highest BCUT2D eigenvalue weighted by Gasteiger charge is 2.03. The van der Waals surface area contributed by atoms with Crippen LogP contribution in [0.3, 0.4) is 0 Å². The van der Waals surface area contributed by atoms with E-state index in [0.29, 0.717) is 0 Å². The molecule has 0 aromatic heterocycles. The predicted octanol–water partition coefficient (Wildman–Crippen LogP) is 4.34. The van der Waals surface area contributed by atoms with Crippen molar-refractivity contribution in [3.05, 3.63) is 51.3 Å². The molecule has 12 heavy (non-hydrogen) atoms. The molecule has 2 heteroatoms. The van der Waals surface area contributed by atoms with Crippen molar-refractivity contribution in [2.45, 2.75) is 6.92 Å². The fourth-order valence-corrected chi connectivity index (χ4v) is 2.19. The Morgan fingerprint density at radius 3 is 2.17 bits per heavy atom. The topological polar surface area (TPSA) is 0 Å². The van der Waals surface area contributed by atoms with Crippen LogP contribution in [0.25, 0.3) is 0 Å². The highest BCUT2D eigenvalue weighted by atomic mass is 79.9. The van der Waals surface area contributed by atoms with Gasteiger partial charge in [0.1, 0.15) is 0 Å². The minimum absolute atomic E-state index is 1.08. The molecule has 0 unspecified atom stereocenters. The van der Waals surface area contributed by atoms with Crippen molar-refractivity contribution in [2.24, 2.45) is 0 Å². The Morgan fingerprint density at radius 2 is 1.75 bits per heavy atom. The van der Waals surface area contributed by atoms with Crippen LogP contribution in [0.2, 0.25) is 0 Å². The van der Waals surface area contributed by atoms with E-state index < -0.39 is 0 Å². The van der Waals surface area contributed by atoms with Crippen molar-refractivity contribution in [1.29, 1.82) is 0 Å². The summed E-state index contributed by atoms with van der Waals surface area (Å²) in [4.78, 5) is 0. The first-order valence-electron chi connectivity index (χ1n) is 3.56. The van der Waals surface area contributed by atoms with Gasteiger partial charge in [-0.05, 0) is 23.8 Å². The van der Waals surface area contributed by atoms with E-state index in [1.54, 1.807) is 0 Å². The summed E-state index contributed by atoms with van der Waals surface area (Å²) in [5.41, 5.74) is 1.19. The maximum absolute atomic E-state index is 3.73. The van der Waals surface area contributed by atoms with E-state index in [1.165, 1.54) is 11.5 Å². The standard InChI is InChI=1S/C10H9Br2/c1-3-7(2)8-4-9(11)6-10(12)5-8/h3-6H,1H2,2H3. The minimum atomic E-state index is 1.08. The summed E-state index contributed by atoms with van der Waals surface area (Å²) in [6.07, 6.45) is 1.86. The van der Waals surface area contributed by atoms with Gasteiger partial charge in [0.25, 0.3) is 0 Å².